The molecule has 2 heterocycles. The second-order valence-electron chi connectivity index (χ2n) is 4.49. The summed E-state index contributed by atoms with van der Waals surface area (Å²) in [6, 6.07) is 2.10. The number of rotatable bonds is 2. The van der Waals surface area contributed by atoms with Gasteiger partial charge in [0.25, 0.3) is 0 Å². The molecule has 1 atom stereocenters. The maximum atomic E-state index is 5.41. The lowest BCUT2D eigenvalue weighted by Gasteiger charge is -2.18. The predicted octanol–water partition coefficient (Wildman–Crippen LogP) is 1.77. The first-order valence-corrected chi connectivity index (χ1v) is 6.17. The van der Waals surface area contributed by atoms with Crippen LogP contribution in [0, 0.1) is 12.3 Å². The standard InChI is InChI=1S/C14H19N3/c1-3-12-9-14(11-16-10-12)13-5-4-7-17(15-2)8-6-13/h1,9-11,13,15H,4-8H2,2H3/t13-/m0/s1. The van der Waals surface area contributed by atoms with Crippen LogP contribution in [0.15, 0.2) is 18.5 Å². The van der Waals surface area contributed by atoms with Crippen LogP contribution < -0.4 is 5.43 Å². The van der Waals surface area contributed by atoms with E-state index in [1.54, 1.807) is 6.20 Å². The molecule has 0 amide bonds. The van der Waals surface area contributed by atoms with Crippen molar-refractivity contribution in [2.75, 3.05) is 20.1 Å². The van der Waals surface area contributed by atoms with Crippen molar-refractivity contribution >= 4 is 0 Å². The third-order valence-corrected chi connectivity index (χ3v) is 3.44. The molecule has 0 aliphatic carbocycles. The zero-order valence-corrected chi connectivity index (χ0v) is 10.3. The topological polar surface area (TPSA) is 28.2 Å². The van der Waals surface area contributed by atoms with Gasteiger partial charge in [0.2, 0.25) is 0 Å². The molecule has 0 spiro atoms. The third kappa shape index (κ3) is 3.06. The molecule has 1 saturated heterocycles. The van der Waals surface area contributed by atoms with E-state index in [1.165, 1.54) is 18.4 Å². The van der Waals surface area contributed by atoms with Gasteiger partial charge in [-0.1, -0.05) is 5.92 Å². The summed E-state index contributed by atoms with van der Waals surface area (Å²) in [5, 5.41) is 2.28. The van der Waals surface area contributed by atoms with Crippen LogP contribution in [0.25, 0.3) is 0 Å². The fourth-order valence-electron chi connectivity index (χ4n) is 2.41. The van der Waals surface area contributed by atoms with E-state index in [-0.39, 0.29) is 0 Å². The Hall–Kier alpha value is -1.37. The maximum Gasteiger partial charge on any atom is 0.0428 e. The van der Waals surface area contributed by atoms with Gasteiger partial charge >= 0.3 is 0 Å². The van der Waals surface area contributed by atoms with Crippen molar-refractivity contribution in [3.05, 3.63) is 29.6 Å². The summed E-state index contributed by atoms with van der Waals surface area (Å²) in [7, 11) is 1.99. The quantitative estimate of drug-likeness (QED) is 0.783. The highest BCUT2D eigenvalue weighted by atomic mass is 15.5. The van der Waals surface area contributed by atoms with Crippen LogP contribution in [0.5, 0.6) is 0 Å². The number of aromatic nitrogens is 1. The largest absolute Gasteiger partial charge is 0.263 e. The molecule has 0 saturated carbocycles. The van der Waals surface area contributed by atoms with Gasteiger partial charge in [-0.2, -0.15) is 0 Å². The van der Waals surface area contributed by atoms with Crippen LogP contribution in [0.3, 0.4) is 0 Å². The van der Waals surface area contributed by atoms with Gasteiger partial charge in [-0.25, -0.2) is 5.01 Å². The Morgan fingerprint density at radius 3 is 3.06 bits per heavy atom. The summed E-state index contributed by atoms with van der Waals surface area (Å²) < 4.78 is 0. The van der Waals surface area contributed by atoms with Gasteiger partial charge in [0.15, 0.2) is 0 Å². The van der Waals surface area contributed by atoms with Gasteiger partial charge in [0.1, 0.15) is 0 Å². The van der Waals surface area contributed by atoms with Gasteiger partial charge in [0.05, 0.1) is 0 Å². The Morgan fingerprint density at radius 2 is 2.29 bits per heavy atom. The van der Waals surface area contributed by atoms with E-state index >= 15 is 0 Å². The number of terminal acetylenes is 1. The van der Waals surface area contributed by atoms with Crippen LogP contribution in [0.4, 0.5) is 0 Å². The van der Waals surface area contributed by atoms with Crippen molar-refractivity contribution < 1.29 is 0 Å². The van der Waals surface area contributed by atoms with E-state index in [0.717, 1.165) is 25.1 Å². The van der Waals surface area contributed by atoms with Crippen LogP contribution in [0.1, 0.15) is 36.3 Å². The van der Waals surface area contributed by atoms with E-state index in [9.17, 15) is 0 Å². The van der Waals surface area contributed by atoms with Gasteiger partial charge in [0, 0.05) is 31.0 Å². The van der Waals surface area contributed by atoms with E-state index in [1.807, 2.05) is 13.2 Å². The molecule has 1 aliphatic rings. The van der Waals surface area contributed by atoms with Gasteiger partial charge in [-0.15, -0.1) is 6.42 Å². The van der Waals surface area contributed by atoms with E-state index in [4.69, 9.17) is 6.42 Å². The molecule has 3 heteroatoms. The summed E-state index contributed by atoms with van der Waals surface area (Å²) in [5.74, 6) is 3.25. The number of hydrogen-bond acceptors (Lipinski definition) is 3. The van der Waals surface area contributed by atoms with Gasteiger partial charge < -0.3 is 0 Å². The monoisotopic (exact) mass is 229 g/mol. The van der Waals surface area contributed by atoms with Gasteiger partial charge in [-0.3, -0.25) is 10.4 Å². The first-order chi connectivity index (χ1) is 8.33. The average Bonchev–Trinajstić information content (AvgIpc) is 2.64. The highest BCUT2D eigenvalue weighted by Gasteiger charge is 2.18. The number of pyridine rings is 1. The molecular weight excluding hydrogens is 210 g/mol. The molecule has 0 bridgehead atoms. The molecule has 2 rings (SSSR count). The highest BCUT2D eigenvalue weighted by molar-refractivity contribution is 5.33. The summed E-state index contributed by atoms with van der Waals surface area (Å²) in [4.78, 5) is 4.23. The Balaban J connectivity index is 2.09. The Bertz CT molecular complexity index is 408. The molecule has 1 aromatic rings. The lowest BCUT2D eigenvalue weighted by atomic mass is 9.93. The minimum Gasteiger partial charge on any atom is -0.263 e. The first-order valence-electron chi connectivity index (χ1n) is 6.17. The van der Waals surface area contributed by atoms with Crippen LogP contribution >= 0.6 is 0 Å². The van der Waals surface area contributed by atoms with Crippen LogP contribution in [-0.2, 0) is 0 Å². The van der Waals surface area contributed by atoms with Crippen molar-refractivity contribution in [1.29, 1.82) is 0 Å². The molecule has 1 fully saturated rings. The summed E-state index contributed by atoms with van der Waals surface area (Å²) in [6.45, 7) is 2.21. The summed E-state index contributed by atoms with van der Waals surface area (Å²) in [6.07, 6.45) is 12.7. The molecule has 0 radical (unpaired) electrons. The molecule has 0 unspecified atom stereocenters. The average molecular weight is 229 g/mol. The minimum absolute atomic E-state index is 0.592. The molecule has 1 aromatic heterocycles. The smallest absolute Gasteiger partial charge is 0.0428 e. The number of nitrogens with zero attached hydrogens (tertiary/aromatic N) is 2. The summed E-state index contributed by atoms with van der Waals surface area (Å²) >= 11 is 0. The molecule has 0 aromatic carbocycles. The molecule has 17 heavy (non-hydrogen) atoms. The Kier molecular flexibility index (Phi) is 4.13. The zero-order valence-electron chi connectivity index (χ0n) is 10.3. The Morgan fingerprint density at radius 1 is 1.41 bits per heavy atom. The number of hydrogen-bond donors (Lipinski definition) is 1. The van der Waals surface area contributed by atoms with E-state index < -0.39 is 0 Å². The SMILES string of the molecule is C#Cc1cncc([C@H]2CCCN(NC)CC2)c1. The predicted molar refractivity (Wildman–Crippen MR) is 69.4 cm³/mol. The molecule has 3 nitrogen and oxygen atoms in total. The van der Waals surface area contributed by atoms with E-state index in [0.29, 0.717) is 5.92 Å². The fourth-order valence-corrected chi connectivity index (χ4v) is 2.41. The third-order valence-electron chi connectivity index (χ3n) is 3.44. The second-order valence-corrected chi connectivity index (χ2v) is 4.49. The summed E-state index contributed by atoms with van der Waals surface area (Å²) in [5.41, 5.74) is 5.40. The van der Waals surface area contributed by atoms with Crippen molar-refractivity contribution in [3.63, 3.8) is 0 Å². The number of nitrogens with one attached hydrogen (secondary N) is 1. The Labute approximate surface area is 103 Å². The minimum atomic E-state index is 0.592. The van der Waals surface area contributed by atoms with Gasteiger partial charge in [-0.05, 0) is 43.9 Å². The van der Waals surface area contributed by atoms with Crippen molar-refractivity contribution in [3.8, 4) is 12.3 Å². The lowest BCUT2D eigenvalue weighted by Crippen LogP contribution is -2.35. The van der Waals surface area contributed by atoms with Crippen molar-refractivity contribution in [2.45, 2.75) is 25.2 Å². The number of hydrazine groups is 1. The molecule has 90 valence electrons. The van der Waals surface area contributed by atoms with Crippen molar-refractivity contribution in [1.82, 2.24) is 15.4 Å². The fraction of sp³-hybridized carbons (Fsp3) is 0.500. The van der Waals surface area contributed by atoms with Crippen LogP contribution in [-0.4, -0.2) is 30.1 Å². The van der Waals surface area contributed by atoms with Crippen LogP contribution in [0.2, 0.25) is 0 Å². The first kappa shape index (κ1) is 12.1. The maximum absolute atomic E-state index is 5.41. The highest BCUT2D eigenvalue weighted by Crippen LogP contribution is 2.27. The second kappa shape index (κ2) is 5.81. The lowest BCUT2D eigenvalue weighted by molar-refractivity contribution is 0.216. The zero-order chi connectivity index (χ0) is 12.1. The van der Waals surface area contributed by atoms with E-state index in [2.05, 4.69) is 27.4 Å². The normalized spacial score (nSPS) is 21.8. The molecule has 1 aliphatic heterocycles. The van der Waals surface area contributed by atoms with Crippen molar-refractivity contribution in [2.24, 2.45) is 0 Å². The molecular formula is C14H19N3. The molecule has 1 N–H and O–H groups in total.